The number of nitrogens with zero attached hydrogens (tertiary/aromatic N) is 1. The second-order valence-corrected chi connectivity index (χ2v) is 7.01. The standard InChI is InChI=1S/C24H27N3O4/c1-5-31-23(28)18-9-8-10-20(14-18)26-24(29)25-15-19-13-16(2)27(17(19)3)21-11-6-7-12-22(21)30-4/h6-14H,5,15H2,1-4H3,(H2,25,26,29). The first kappa shape index (κ1) is 22.0. The molecule has 0 aliphatic heterocycles. The van der Waals surface area contributed by atoms with Crippen molar-refractivity contribution in [1.29, 1.82) is 0 Å². The molecule has 0 saturated carbocycles. The highest BCUT2D eigenvalue weighted by molar-refractivity contribution is 5.93. The van der Waals surface area contributed by atoms with Gasteiger partial charge in [0.25, 0.3) is 0 Å². The van der Waals surface area contributed by atoms with E-state index in [0.717, 1.165) is 28.4 Å². The van der Waals surface area contributed by atoms with E-state index in [2.05, 4.69) is 15.2 Å². The second-order valence-electron chi connectivity index (χ2n) is 7.01. The minimum atomic E-state index is -0.421. The lowest BCUT2D eigenvalue weighted by Gasteiger charge is -2.14. The lowest BCUT2D eigenvalue weighted by molar-refractivity contribution is 0.0526. The third kappa shape index (κ3) is 5.06. The molecular weight excluding hydrogens is 394 g/mol. The number of nitrogens with one attached hydrogen (secondary N) is 2. The molecule has 0 aliphatic carbocycles. The van der Waals surface area contributed by atoms with Gasteiger partial charge in [0.05, 0.1) is 25.0 Å². The Hall–Kier alpha value is -3.74. The molecule has 7 heteroatoms. The number of carbonyl (C=O) groups is 2. The van der Waals surface area contributed by atoms with E-state index in [0.29, 0.717) is 24.4 Å². The maximum atomic E-state index is 12.4. The number of anilines is 1. The quantitative estimate of drug-likeness (QED) is 0.546. The van der Waals surface area contributed by atoms with Gasteiger partial charge in [0.2, 0.25) is 0 Å². The number of carbonyl (C=O) groups excluding carboxylic acids is 2. The molecule has 0 atom stereocenters. The first-order valence-corrected chi connectivity index (χ1v) is 10.1. The third-order valence-electron chi connectivity index (χ3n) is 4.93. The number of hydrogen-bond donors (Lipinski definition) is 2. The number of urea groups is 1. The number of methoxy groups -OCH3 is 1. The first-order chi connectivity index (χ1) is 14.9. The molecule has 0 unspecified atom stereocenters. The normalized spacial score (nSPS) is 10.5. The number of ether oxygens (including phenoxy) is 2. The van der Waals surface area contributed by atoms with Crippen molar-refractivity contribution in [2.45, 2.75) is 27.3 Å². The molecule has 2 N–H and O–H groups in total. The Kier molecular flexibility index (Phi) is 6.97. The number of benzene rings is 2. The van der Waals surface area contributed by atoms with Crippen LogP contribution in [0.2, 0.25) is 0 Å². The van der Waals surface area contributed by atoms with E-state index in [-0.39, 0.29) is 6.03 Å². The zero-order chi connectivity index (χ0) is 22.4. The number of esters is 1. The summed E-state index contributed by atoms with van der Waals surface area (Å²) >= 11 is 0. The molecule has 31 heavy (non-hydrogen) atoms. The van der Waals surface area contributed by atoms with Crippen LogP contribution in [0.4, 0.5) is 10.5 Å². The van der Waals surface area contributed by atoms with Crippen molar-refractivity contribution in [2.75, 3.05) is 19.0 Å². The van der Waals surface area contributed by atoms with Gasteiger partial charge in [-0.2, -0.15) is 0 Å². The average Bonchev–Trinajstić information content (AvgIpc) is 3.05. The summed E-state index contributed by atoms with van der Waals surface area (Å²) in [6, 6.07) is 16.2. The lowest BCUT2D eigenvalue weighted by atomic mass is 10.2. The van der Waals surface area contributed by atoms with E-state index in [1.807, 2.05) is 44.2 Å². The fourth-order valence-corrected chi connectivity index (χ4v) is 3.48. The molecular formula is C24H27N3O4. The summed E-state index contributed by atoms with van der Waals surface area (Å²) in [6.45, 7) is 6.43. The van der Waals surface area contributed by atoms with Gasteiger partial charge in [-0.3, -0.25) is 0 Å². The summed E-state index contributed by atoms with van der Waals surface area (Å²) in [5, 5.41) is 5.63. The number of rotatable bonds is 7. The van der Waals surface area contributed by atoms with Crippen molar-refractivity contribution in [3.05, 3.63) is 77.1 Å². The molecule has 162 valence electrons. The molecule has 3 aromatic rings. The highest BCUT2D eigenvalue weighted by Crippen LogP contribution is 2.27. The van der Waals surface area contributed by atoms with E-state index in [1.165, 1.54) is 0 Å². The smallest absolute Gasteiger partial charge is 0.338 e. The molecule has 2 amide bonds. The van der Waals surface area contributed by atoms with Crippen LogP contribution in [-0.2, 0) is 11.3 Å². The van der Waals surface area contributed by atoms with Gasteiger partial charge in [-0.1, -0.05) is 18.2 Å². The van der Waals surface area contributed by atoms with Crippen LogP contribution in [0.3, 0.4) is 0 Å². The average molecular weight is 421 g/mol. The third-order valence-corrected chi connectivity index (χ3v) is 4.93. The maximum Gasteiger partial charge on any atom is 0.338 e. The van der Waals surface area contributed by atoms with Crippen LogP contribution in [0.25, 0.3) is 5.69 Å². The van der Waals surface area contributed by atoms with E-state index >= 15 is 0 Å². The van der Waals surface area contributed by atoms with Gasteiger partial charge in [0.1, 0.15) is 5.75 Å². The molecule has 0 bridgehead atoms. The largest absolute Gasteiger partial charge is 0.495 e. The van der Waals surface area contributed by atoms with Gasteiger partial charge < -0.3 is 24.7 Å². The van der Waals surface area contributed by atoms with Crippen LogP contribution < -0.4 is 15.4 Å². The first-order valence-electron chi connectivity index (χ1n) is 10.1. The molecule has 0 aliphatic rings. The van der Waals surface area contributed by atoms with Crippen LogP contribution in [0, 0.1) is 13.8 Å². The molecule has 0 spiro atoms. The molecule has 0 radical (unpaired) electrons. The van der Waals surface area contributed by atoms with Crippen molar-refractivity contribution in [3.63, 3.8) is 0 Å². The van der Waals surface area contributed by atoms with E-state index in [4.69, 9.17) is 9.47 Å². The van der Waals surface area contributed by atoms with Crippen molar-refractivity contribution >= 4 is 17.7 Å². The van der Waals surface area contributed by atoms with Crippen LogP contribution in [0.5, 0.6) is 5.75 Å². The summed E-state index contributed by atoms with van der Waals surface area (Å²) in [4.78, 5) is 24.3. The van der Waals surface area contributed by atoms with Crippen molar-refractivity contribution in [1.82, 2.24) is 9.88 Å². The number of hydrogen-bond acceptors (Lipinski definition) is 4. The van der Waals surface area contributed by atoms with Crippen LogP contribution in [-0.4, -0.2) is 30.3 Å². The number of aryl methyl sites for hydroxylation is 1. The van der Waals surface area contributed by atoms with Crippen molar-refractivity contribution in [3.8, 4) is 11.4 Å². The Morgan fingerprint density at radius 2 is 1.81 bits per heavy atom. The monoisotopic (exact) mass is 421 g/mol. The van der Waals surface area contributed by atoms with E-state index < -0.39 is 5.97 Å². The Morgan fingerprint density at radius 3 is 2.55 bits per heavy atom. The second kappa shape index (κ2) is 9.84. The molecule has 0 fully saturated rings. The lowest BCUT2D eigenvalue weighted by Crippen LogP contribution is -2.28. The number of amides is 2. The van der Waals surface area contributed by atoms with Crippen LogP contribution in [0.15, 0.2) is 54.6 Å². The van der Waals surface area contributed by atoms with Crippen LogP contribution in [0.1, 0.15) is 34.2 Å². The highest BCUT2D eigenvalue weighted by Gasteiger charge is 2.15. The number of aromatic nitrogens is 1. The fourth-order valence-electron chi connectivity index (χ4n) is 3.48. The zero-order valence-electron chi connectivity index (χ0n) is 18.2. The van der Waals surface area contributed by atoms with Crippen molar-refractivity contribution < 1.29 is 19.1 Å². The fraction of sp³-hybridized carbons (Fsp3) is 0.250. The summed E-state index contributed by atoms with van der Waals surface area (Å²) in [5.74, 6) is 0.360. The van der Waals surface area contributed by atoms with Gasteiger partial charge in [0, 0.05) is 23.6 Å². The maximum absolute atomic E-state index is 12.4. The Labute approximate surface area is 182 Å². The summed E-state index contributed by atoms with van der Waals surface area (Å²) in [5.41, 5.74) is 4.92. The van der Waals surface area contributed by atoms with Gasteiger partial charge in [-0.25, -0.2) is 9.59 Å². The Bertz CT molecular complexity index is 1090. The van der Waals surface area contributed by atoms with Gasteiger partial charge in [0.15, 0.2) is 0 Å². The van der Waals surface area contributed by atoms with E-state index in [9.17, 15) is 9.59 Å². The molecule has 1 heterocycles. The number of para-hydroxylation sites is 2. The minimum absolute atomic E-state index is 0.296. The predicted molar refractivity (Wildman–Crippen MR) is 120 cm³/mol. The topological polar surface area (TPSA) is 81.6 Å². The zero-order valence-corrected chi connectivity index (χ0v) is 18.2. The minimum Gasteiger partial charge on any atom is -0.495 e. The SMILES string of the molecule is CCOC(=O)c1cccc(NC(=O)NCc2cc(C)n(-c3ccccc3OC)c2C)c1. The Morgan fingerprint density at radius 1 is 1.03 bits per heavy atom. The summed E-state index contributed by atoms with van der Waals surface area (Å²) in [7, 11) is 1.65. The van der Waals surface area contributed by atoms with Crippen LogP contribution >= 0.6 is 0 Å². The summed E-state index contributed by atoms with van der Waals surface area (Å²) in [6.07, 6.45) is 0. The van der Waals surface area contributed by atoms with Gasteiger partial charge >= 0.3 is 12.0 Å². The Balaban J connectivity index is 1.69. The molecule has 0 saturated heterocycles. The molecule has 7 nitrogen and oxygen atoms in total. The predicted octanol–water partition coefficient (Wildman–Crippen LogP) is 4.60. The highest BCUT2D eigenvalue weighted by atomic mass is 16.5. The molecule has 3 rings (SSSR count). The molecule has 1 aromatic heterocycles. The van der Waals surface area contributed by atoms with E-state index in [1.54, 1.807) is 38.3 Å². The van der Waals surface area contributed by atoms with Gasteiger partial charge in [-0.05, 0) is 62.7 Å². The van der Waals surface area contributed by atoms with Crippen molar-refractivity contribution in [2.24, 2.45) is 0 Å². The molecule has 2 aromatic carbocycles. The van der Waals surface area contributed by atoms with Gasteiger partial charge in [-0.15, -0.1) is 0 Å². The summed E-state index contributed by atoms with van der Waals surface area (Å²) < 4.78 is 12.6.